The van der Waals surface area contributed by atoms with Crippen LogP contribution >= 0.6 is 0 Å². The van der Waals surface area contributed by atoms with E-state index >= 15 is 35.1 Å². The molecule has 1 aromatic heterocycles. The molecule has 0 radical (unpaired) electrons. The van der Waals surface area contributed by atoms with Crippen LogP contribution in [0.1, 0.15) is 0 Å². The van der Waals surface area contributed by atoms with E-state index in [1.165, 1.54) is 4.73 Å². The third-order valence-electron chi connectivity index (χ3n) is 11.5. The second-order valence-corrected chi connectivity index (χ2v) is 15.2. The number of non-ortho nitro benzene ring substituents is 1. The van der Waals surface area contributed by atoms with Crippen molar-refractivity contribution >= 4 is 66.0 Å². The molecule has 0 aliphatic heterocycles. The molecular weight excluding hydrogens is 1030 g/mol. The molecule has 0 amide bonds. The van der Waals surface area contributed by atoms with Crippen molar-refractivity contribution in [1.82, 2.24) is 4.98 Å². The fraction of sp³-hybridized carbons (Fsp3) is 0. The van der Waals surface area contributed by atoms with Crippen molar-refractivity contribution in [2.24, 2.45) is 0 Å². The number of hydrogen-bond donors (Lipinski definition) is 0. The highest BCUT2D eigenvalue weighted by Crippen LogP contribution is 2.42. The van der Waals surface area contributed by atoms with Crippen LogP contribution in [0, 0.1) is 126 Å². The summed E-state index contributed by atoms with van der Waals surface area (Å²) in [5.74, 6) is -70.8. The van der Waals surface area contributed by atoms with Crippen LogP contribution in [0.4, 0.5) is 93.5 Å². The van der Waals surface area contributed by atoms with Crippen molar-refractivity contribution in [1.29, 1.82) is 0 Å². The van der Waals surface area contributed by atoms with Crippen LogP contribution < -0.4 is 31.4 Å². The van der Waals surface area contributed by atoms with Gasteiger partial charge in [0.1, 0.15) is 52.7 Å². The van der Waals surface area contributed by atoms with Crippen LogP contribution in [-0.4, -0.2) is 16.1 Å². The van der Waals surface area contributed by atoms with E-state index in [1.807, 2.05) is 54.6 Å². The normalized spacial score (nSPS) is 11.7. The third-order valence-corrected chi connectivity index (χ3v) is 11.5. The Morgan fingerprint density at radius 3 is 1.03 bits per heavy atom. The zero-order valence-electron chi connectivity index (χ0n) is 34.8. The Balaban J connectivity index is 0.000000216. The van der Waals surface area contributed by atoms with Crippen molar-refractivity contribution in [2.45, 2.75) is 0 Å². The molecule has 0 saturated carbocycles. The Morgan fingerprint density at radius 2 is 0.685 bits per heavy atom. The lowest BCUT2D eigenvalue weighted by atomic mass is 9.12. The SMILES string of the molecule is Fc1c(F)c(F)c([B-](c2c(F)c(F)c(F)c(F)c2F)(c2c(F)c(F)c(F)c(F)c2F)c2c(F)c(F)c(F)c(F)c2F)c(F)c1F.O=[N+]([O-])c1c2ccccc2cc2c(O[n+]3ccncc3)c3ccccc3cc12. The van der Waals surface area contributed by atoms with Crippen LogP contribution in [0.3, 0.4) is 0 Å². The first-order chi connectivity index (χ1) is 34.4. The summed E-state index contributed by atoms with van der Waals surface area (Å²) < 4.78 is 295. The predicted octanol–water partition coefficient (Wildman–Crippen LogP) is 10.4. The smallest absolute Gasteiger partial charge is 0.258 e. The highest BCUT2D eigenvalue weighted by Gasteiger charge is 2.52. The van der Waals surface area contributed by atoms with E-state index in [0.717, 1.165) is 16.2 Å². The third kappa shape index (κ3) is 7.62. The van der Waals surface area contributed by atoms with E-state index in [4.69, 9.17) is 4.84 Å². The van der Waals surface area contributed by atoms with Gasteiger partial charge in [0.2, 0.25) is 18.1 Å². The molecule has 9 rings (SSSR count). The lowest BCUT2D eigenvalue weighted by Crippen LogP contribution is -2.81. The lowest BCUT2D eigenvalue weighted by Gasteiger charge is -2.44. The van der Waals surface area contributed by atoms with E-state index in [2.05, 4.69) is 4.98 Å². The van der Waals surface area contributed by atoms with Crippen molar-refractivity contribution in [3.05, 3.63) is 212 Å². The molecule has 1 heterocycles. The molecule has 6 nitrogen and oxygen atoms in total. The molecule has 9 aromatic rings. The number of nitro benzene ring substituents is 1. The maximum Gasteiger partial charge on any atom is 0.285 e. The summed E-state index contributed by atoms with van der Waals surface area (Å²) in [6, 6.07) is 18.9. The molecule has 0 saturated heterocycles. The first-order valence-electron chi connectivity index (χ1n) is 19.7. The minimum absolute atomic E-state index is 0.0865. The number of aromatic nitrogens is 2. The van der Waals surface area contributed by atoms with Crippen molar-refractivity contribution in [2.75, 3.05) is 0 Å². The molecule has 73 heavy (non-hydrogen) atoms. The van der Waals surface area contributed by atoms with E-state index in [1.54, 1.807) is 30.9 Å². The first kappa shape index (κ1) is 50.9. The van der Waals surface area contributed by atoms with Gasteiger partial charge in [-0.1, -0.05) is 42.5 Å². The van der Waals surface area contributed by atoms with Crippen LogP contribution in [0.5, 0.6) is 5.75 Å². The summed E-state index contributed by atoms with van der Waals surface area (Å²) in [4.78, 5) is 21.8. The van der Waals surface area contributed by atoms with Crippen LogP contribution in [-0.2, 0) is 0 Å². The number of benzene rings is 8. The molecule has 0 bridgehead atoms. The van der Waals surface area contributed by atoms with Crippen LogP contribution in [0.15, 0.2) is 85.5 Å². The zero-order chi connectivity index (χ0) is 53.4. The minimum Gasteiger partial charge on any atom is -0.258 e. The number of halogens is 20. The molecule has 0 N–H and O–H groups in total. The Morgan fingerprint density at radius 1 is 0.397 bits per heavy atom. The van der Waals surface area contributed by atoms with E-state index in [-0.39, 0.29) is 10.6 Å². The molecular formula is C46H14BF20N3O3. The molecule has 0 fully saturated rings. The topological polar surface area (TPSA) is 69.1 Å². The minimum atomic E-state index is -7.22. The Hall–Kier alpha value is -8.52. The van der Waals surface area contributed by atoms with Crippen molar-refractivity contribution in [3.8, 4) is 5.75 Å². The van der Waals surface area contributed by atoms with Crippen molar-refractivity contribution < 1.29 is 102 Å². The molecule has 0 spiro atoms. The van der Waals surface area contributed by atoms with Crippen molar-refractivity contribution in [3.63, 3.8) is 0 Å². The fourth-order valence-electron chi connectivity index (χ4n) is 8.45. The Bertz CT molecular complexity index is 3450. The van der Waals surface area contributed by atoms with Crippen LogP contribution in [0.2, 0.25) is 0 Å². The number of rotatable bonds is 7. The Kier molecular flexibility index (Phi) is 12.9. The van der Waals surface area contributed by atoms with Gasteiger partial charge in [-0.15, -0.1) is 21.9 Å². The second kappa shape index (κ2) is 18.6. The van der Waals surface area contributed by atoms with E-state index in [9.17, 15) is 62.8 Å². The highest BCUT2D eigenvalue weighted by molar-refractivity contribution is 7.20. The van der Waals surface area contributed by atoms with E-state index < -0.39 is 144 Å². The highest BCUT2D eigenvalue weighted by atomic mass is 19.2. The van der Waals surface area contributed by atoms with Gasteiger partial charge in [-0.3, -0.25) is 15.1 Å². The Labute approximate surface area is 390 Å². The summed E-state index contributed by atoms with van der Waals surface area (Å²) in [5.41, 5.74) is -14.2. The van der Waals surface area contributed by atoms with Gasteiger partial charge in [-0.25, -0.2) is 92.6 Å². The number of nitro groups is 1. The summed E-state index contributed by atoms with van der Waals surface area (Å²) in [7, 11) is 0. The lowest BCUT2D eigenvalue weighted by molar-refractivity contribution is -0.874. The average molecular weight is 1050 g/mol. The van der Waals surface area contributed by atoms with Gasteiger partial charge in [-0.2, -0.15) is 0 Å². The first-order valence-corrected chi connectivity index (χ1v) is 19.7. The van der Waals surface area contributed by atoms with E-state index in [0.29, 0.717) is 21.9 Å². The molecule has 0 unspecified atom stereocenters. The van der Waals surface area contributed by atoms with Gasteiger partial charge in [0.05, 0.1) is 28.1 Å². The largest absolute Gasteiger partial charge is 0.285 e. The van der Waals surface area contributed by atoms with Gasteiger partial charge in [0, 0.05) is 15.5 Å². The van der Waals surface area contributed by atoms with Gasteiger partial charge >= 0.3 is 0 Å². The average Bonchev–Trinajstić information content (AvgIpc) is 3.38. The predicted molar refractivity (Wildman–Crippen MR) is 215 cm³/mol. The molecule has 27 heteroatoms. The molecule has 0 atom stereocenters. The van der Waals surface area contributed by atoms with Gasteiger partial charge < -0.3 is 0 Å². The fourth-order valence-corrected chi connectivity index (χ4v) is 8.45. The standard InChI is InChI=1S/C24BF20.C22H14N3O3/c26-5-1(6(27)14(35)21(42)13(5)34)25(2-7(28)15(36)22(43)16(37)8(2)29,3-9(30)17(38)23(44)18(39)10(3)31)4-11(32)19(40)24(45)20(41)12(4)33;26-25(27)21-17-7-3-1-5-15(17)14-20-19(21)13-16-6-2-4-8-18(16)22(20)28-24-11-9-23-10-12-24/h;1-14H/q-1;+1. The number of fused-ring (bicyclic) bond motifs is 3. The summed E-state index contributed by atoms with van der Waals surface area (Å²) in [5, 5.41) is 16.4. The van der Waals surface area contributed by atoms with Gasteiger partial charge in [0.15, 0.2) is 69.8 Å². The molecule has 374 valence electrons. The monoisotopic (exact) mass is 1050 g/mol. The zero-order valence-corrected chi connectivity index (χ0v) is 34.8. The number of hydrogen-bond acceptors (Lipinski definition) is 4. The van der Waals surface area contributed by atoms with Crippen LogP contribution in [0.25, 0.3) is 32.3 Å². The molecule has 0 aliphatic rings. The summed E-state index contributed by atoms with van der Waals surface area (Å²) in [6.07, 6.45) is -0.617. The maximum atomic E-state index is 15.4. The molecule has 8 aromatic carbocycles. The number of nitrogens with zero attached hydrogens (tertiary/aromatic N) is 3. The maximum absolute atomic E-state index is 15.4. The quantitative estimate of drug-likeness (QED) is 0.0233. The van der Waals surface area contributed by atoms with Gasteiger partial charge in [-0.05, 0) is 29.0 Å². The summed E-state index contributed by atoms with van der Waals surface area (Å²) >= 11 is 0. The van der Waals surface area contributed by atoms with Gasteiger partial charge in [0.25, 0.3) is 5.69 Å². The second-order valence-electron chi connectivity index (χ2n) is 15.2. The molecule has 0 aliphatic carbocycles. The summed E-state index contributed by atoms with van der Waals surface area (Å²) in [6.45, 7) is 0.